The number of benzene rings is 2. The first-order valence-corrected chi connectivity index (χ1v) is 8.12. The number of aliphatic hydroxyl groups is 1. The van der Waals surface area contributed by atoms with Gasteiger partial charge in [-0.3, -0.25) is 0 Å². The highest BCUT2D eigenvalue weighted by atomic mass is 19.1. The van der Waals surface area contributed by atoms with Gasteiger partial charge in [-0.2, -0.15) is 0 Å². The normalized spacial score (nSPS) is 15.4. The molecule has 3 aromatic rings. The fourth-order valence-electron chi connectivity index (χ4n) is 2.99. The van der Waals surface area contributed by atoms with Crippen LogP contribution in [0.3, 0.4) is 0 Å². The van der Waals surface area contributed by atoms with Crippen molar-refractivity contribution >= 4 is 16.7 Å². The molecule has 1 saturated carbocycles. The van der Waals surface area contributed by atoms with Gasteiger partial charge in [-0.1, -0.05) is 24.3 Å². The Morgan fingerprint density at radius 3 is 2.58 bits per heavy atom. The van der Waals surface area contributed by atoms with Gasteiger partial charge in [0.15, 0.2) is 0 Å². The second kappa shape index (κ2) is 6.17. The van der Waals surface area contributed by atoms with Gasteiger partial charge in [0, 0.05) is 18.0 Å². The molecule has 0 spiro atoms. The van der Waals surface area contributed by atoms with Gasteiger partial charge in [0.1, 0.15) is 18.0 Å². The standard InChI is InChI=1S/C19H18FN3O/c20-14-7-5-13(6-8-14)18(24)11-23(15-9-10-15)19-16-3-1-2-4-17(16)21-12-22-19/h1-8,12,15,18,24H,9-11H2. The number of hydrogen-bond donors (Lipinski definition) is 1. The number of rotatable bonds is 5. The minimum atomic E-state index is -0.695. The summed E-state index contributed by atoms with van der Waals surface area (Å²) in [6, 6.07) is 14.3. The van der Waals surface area contributed by atoms with Gasteiger partial charge in [0.05, 0.1) is 11.6 Å². The van der Waals surface area contributed by atoms with Crippen LogP contribution in [-0.4, -0.2) is 27.7 Å². The molecule has 0 amide bonds. The lowest BCUT2D eigenvalue weighted by molar-refractivity contribution is 0.182. The zero-order valence-electron chi connectivity index (χ0n) is 13.1. The van der Waals surface area contributed by atoms with Crippen molar-refractivity contribution in [3.8, 4) is 0 Å². The van der Waals surface area contributed by atoms with Crippen molar-refractivity contribution in [2.45, 2.75) is 25.0 Å². The van der Waals surface area contributed by atoms with Gasteiger partial charge >= 0.3 is 0 Å². The molecule has 4 rings (SSSR count). The third kappa shape index (κ3) is 2.95. The van der Waals surface area contributed by atoms with Crippen LogP contribution in [0.5, 0.6) is 0 Å². The second-order valence-corrected chi connectivity index (χ2v) is 6.17. The Morgan fingerprint density at radius 2 is 1.83 bits per heavy atom. The quantitative estimate of drug-likeness (QED) is 0.781. The summed E-state index contributed by atoms with van der Waals surface area (Å²) in [4.78, 5) is 10.9. The third-order valence-corrected chi connectivity index (χ3v) is 4.41. The number of nitrogens with zero attached hydrogens (tertiary/aromatic N) is 3. The Morgan fingerprint density at radius 1 is 1.08 bits per heavy atom. The zero-order chi connectivity index (χ0) is 16.5. The molecule has 1 aliphatic carbocycles. The van der Waals surface area contributed by atoms with E-state index in [0.717, 1.165) is 29.6 Å². The average molecular weight is 323 g/mol. The van der Waals surface area contributed by atoms with Crippen LogP contribution >= 0.6 is 0 Å². The van der Waals surface area contributed by atoms with Crippen molar-refractivity contribution in [1.29, 1.82) is 0 Å². The molecule has 1 aliphatic rings. The molecule has 1 unspecified atom stereocenters. The fraction of sp³-hybridized carbons (Fsp3) is 0.263. The molecule has 2 aromatic carbocycles. The average Bonchev–Trinajstić information content (AvgIpc) is 3.45. The van der Waals surface area contributed by atoms with E-state index < -0.39 is 6.10 Å². The molecule has 1 N–H and O–H groups in total. The number of halogens is 1. The SMILES string of the molecule is OC(CN(c1ncnc2ccccc12)C1CC1)c1ccc(F)cc1. The predicted octanol–water partition coefficient (Wildman–Crippen LogP) is 3.47. The number of fused-ring (bicyclic) bond motifs is 1. The largest absolute Gasteiger partial charge is 0.387 e. The van der Waals surface area contributed by atoms with E-state index in [0.29, 0.717) is 18.2 Å². The van der Waals surface area contributed by atoms with Gasteiger partial charge < -0.3 is 10.0 Å². The first-order valence-electron chi connectivity index (χ1n) is 8.12. The van der Waals surface area contributed by atoms with E-state index in [-0.39, 0.29) is 5.82 Å². The summed E-state index contributed by atoms with van der Waals surface area (Å²) >= 11 is 0. The summed E-state index contributed by atoms with van der Waals surface area (Å²) in [6.07, 6.45) is 3.06. The molecule has 0 bridgehead atoms. The highest BCUT2D eigenvalue weighted by molar-refractivity contribution is 5.89. The number of hydrogen-bond acceptors (Lipinski definition) is 4. The Kier molecular flexibility index (Phi) is 3.86. The first kappa shape index (κ1) is 15.0. The third-order valence-electron chi connectivity index (χ3n) is 4.41. The summed E-state index contributed by atoms with van der Waals surface area (Å²) in [6.45, 7) is 0.428. The van der Waals surface area contributed by atoms with Crippen LogP contribution < -0.4 is 4.90 Å². The van der Waals surface area contributed by atoms with Crippen molar-refractivity contribution in [1.82, 2.24) is 9.97 Å². The molecule has 0 saturated heterocycles. The van der Waals surface area contributed by atoms with E-state index in [9.17, 15) is 9.50 Å². The van der Waals surface area contributed by atoms with Crippen LogP contribution in [0, 0.1) is 5.82 Å². The van der Waals surface area contributed by atoms with E-state index in [2.05, 4.69) is 14.9 Å². The molecule has 5 heteroatoms. The van der Waals surface area contributed by atoms with Crippen molar-refractivity contribution in [2.75, 3.05) is 11.4 Å². The highest BCUT2D eigenvalue weighted by Crippen LogP contribution is 2.35. The van der Waals surface area contributed by atoms with Gasteiger partial charge in [0.2, 0.25) is 0 Å². The molecular weight excluding hydrogens is 305 g/mol. The lowest BCUT2D eigenvalue weighted by Crippen LogP contribution is -2.31. The molecule has 1 heterocycles. The van der Waals surface area contributed by atoms with Crippen LogP contribution in [-0.2, 0) is 0 Å². The number of aromatic nitrogens is 2. The van der Waals surface area contributed by atoms with Crippen molar-refractivity contribution in [3.05, 3.63) is 66.2 Å². The summed E-state index contributed by atoms with van der Waals surface area (Å²) in [5.74, 6) is 0.552. The number of aliphatic hydroxyl groups excluding tert-OH is 1. The molecule has 4 nitrogen and oxygen atoms in total. The molecule has 0 aliphatic heterocycles. The van der Waals surface area contributed by atoms with Crippen molar-refractivity contribution in [3.63, 3.8) is 0 Å². The van der Waals surface area contributed by atoms with Crippen molar-refractivity contribution in [2.24, 2.45) is 0 Å². The van der Waals surface area contributed by atoms with Gasteiger partial charge in [-0.25, -0.2) is 14.4 Å². The lowest BCUT2D eigenvalue weighted by Gasteiger charge is -2.27. The Bertz CT molecular complexity index is 843. The van der Waals surface area contributed by atoms with Gasteiger partial charge in [-0.05, 0) is 42.7 Å². The van der Waals surface area contributed by atoms with Crippen LogP contribution in [0.25, 0.3) is 10.9 Å². The summed E-state index contributed by atoms with van der Waals surface area (Å²) in [5, 5.41) is 11.6. The van der Waals surface area contributed by atoms with Crippen LogP contribution in [0.1, 0.15) is 24.5 Å². The molecule has 1 atom stereocenters. The molecule has 122 valence electrons. The molecule has 1 fully saturated rings. The van der Waals surface area contributed by atoms with E-state index in [1.807, 2.05) is 24.3 Å². The minimum absolute atomic E-state index is 0.299. The zero-order valence-corrected chi connectivity index (χ0v) is 13.1. The second-order valence-electron chi connectivity index (χ2n) is 6.17. The summed E-state index contributed by atoms with van der Waals surface area (Å²) in [7, 11) is 0. The van der Waals surface area contributed by atoms with Gasteiger partial charge in [0.25, 0.3) is 0 Å². The topological polar surface area (TPSA) is 49.2 Å². The maximum atomic E-state index is 13.1. The van der Waals surface area contributed by atoms with Crippen molar-refractivity contribution < 1.29 is 9.50 Å². The van der Waals surface area contributed by atoms with Crippen LogP contribution in [0.2, 0.25) is 0 Å². The van der Waals surface area contributed by atoms with E-state index in [1.54, 1.807) is 18.5 Å². The Balaban J connectivity index is 1.66. The molecule has 1 aromatic heterocycles. The van der Waals surface area contributed by atoms with E-state index >= 15 is 0 Å². The number of anilines is 1. The maximum absolute atomic E-state index is 13.1. The Labute approximate surface area is 139 Å². The molecular formula is C19H18FN3O. The first-order chi connectivity index (χ1) is 11.7. The van der Waals surface area contributed by atoms with E-state index in [4.69, 9.17) is 0 Å². The number of para-hydroxylation sites is 1. The molecule has 24 heavy (non-hydrogen) atoms. The lowest BCUT2D eigenvalue weighted by atomic mass is 10.1. The van der Waals surface area contributed by atoms with E-state index in [1.165, 1.54) is 12.1 Å². The minimum Gasteiger partial charge on any atom is -0.387 e. The smallest absolute Gasteiger partial charge is 0.140 e. The summed E-state index contributed by atoms with van der Waals surface area (Å²) < 4.78 is 13.1. The maximum Gasteiger partial charge on any atom is 0.140 e. The Hall–Kier alpha value is -2.53. The highest BCUT2D eigenvalue weighted by Gasteiger charge is 2.32. The van der Waals surface area contributed by atoms with Gasteiger partial charge in [-0.15, -0.1) is 0 Å². The van der Waals surface area contributed by atoms with Crippen LogP contribution in [0.4, 0.5) is 10.2 Å². The molecule has 0 radical (unpaired) electrons. The fourth-order valence-corrected chi connectivity index (χ4v) is 2.99. The monoisotopic (exact) mass is 323 g/mol. The predicted molar refractivity (Wildman–Crippen MR) is 91.3 cm³/mol. The van der Waals surface area contributed by atoms with Crippen LogP contribution in [0.15, 0.2) is 54.9 Å². The summed E-state index contributed by atoms with van der Waals surface area (Å²) in [5.41, 5.74) is 1.60.